The number of hydrogen-bond donors (Lipinski definition) is 1. The molecule has 2 aliphatic rings. The predicted octanol–water partition coefficient (Wildman–Crippen LogP) is 3.03. The summed E-state index contributed by atoms with van der Waals surface area (Å²) in [6.07, 6.45) is 4.41. The second-order valence-corrected chi connectivity index (χ2v) is 9.36. The summed E-state index contributed by atoms with van der Waals surface area (Å²) in [6, 6.07) is 11.4. The van der Waals surface area contributed by atoms with Gasteiger partial charge in [0.05, 0.1) is 12.2 Å². The highest BCUT2D eigenvalue weighted by Gasteiger charge is 2.30. The highest BCUT2D eigenvalue weighted by atomic mass is 16.1. The van der Waals surface area contributed by atoms with Crippen molar-refractivity contribution in [2.45, 2.75) is 58.7 Å². The first kappa shape index (κ1) is 22.0. The number of carbonyl (C=O) groups is 1. The van der Waals surface area contributed by atoms with E-state index in [9.17, 15) is 4.79 Å². The molecule has 1 aromatic heterocycles. The minimum Gasteiger partial charge on any atom is -0.350 e. The zero-order chi connectivity index (χ0) is 21.8. The van der Waals surface area contributed by atoms with Gasteiger partial charge >= 0.3 is 0 Å². The summed E-state index contributed by atoms with van der Waals surface area (Å²) in [5.41, 5.74) is 4.89. The van der Waals surface area contributed by atoms with E-state index in [0.717, 1.165) is 43.9 Å². The number of hydrogen-bond acceptors (Lipinski definition) is 4. The Labute approximate surface area is 186 Å². The molecule has 2 aromatic rings. The van der Waals surface area contributed by atoms with Crippen molar-refractivity contribution in [2.75, 3.05) is 26.2 Å². The summed E-state index contributed by atoms with van der Waals surface area (Å²) in [7, 11) is 1.93. The van der Waals surface area contributed by atoms with Gasteiger partial charge in [-0.1, -0.05) is 24.3 Å². The summed E-state index contributed by atoms with van der Waals surface area (Å²) < 4.78 is 1.85. The number of aromatic nitrogens is 2. The normalized spacial score (nSPS) is 19.6. The fraction of sp³-hybridized carbons (Fsp3) is 0.600. The van der Waals surface area contributed by atoms with Gasteiger partial charge in [-0.2, -0.15) is 5.10 Å². The van der Waals surface area contributed by atoms with Gasteiger partial charge in [-0.3, -0.25) is 14.4 Å². The first-order valence-electron chi connectivity index (χ1n) is 11.8. The number of nitrogens with zero attached hydrogens (tertiary/aromatic N) is 4. The third kappa shape index (κ3) is 5.55. The molecule has 1 amide bonds. The Morgan fingerprint density at radius 3 is 2.42 bits per heavy atom. The lowest BCUT2D eigenvalue weighted by Gasteiger charge is -2.41. The zero-order valence-electron chi connectivity index (χ0n) is 19.3. The molecule has 1 N–H and O–H groups in total. The SMILES string of the molecule is Cc1ccccc1CN1CCC(N2CCC(C(=O)NCc3cc(C)n(C)n3)CC2)CC1. The molecule has 1 aromatic carbocycles. The molecule has 0 saturated carbocycles. The highest BCUT2D eigenvalue weighted by Crippen LogP contribution is 2.25. The maximum Gasteiger partial charge on any atom is 0.223 e. The summed E-state index contributed by atoms with van der Waals surface area (Å²) in [6.45, 7) is 10.3. The molecule has 0 radical (unpaired) electrons. The molecule has 2 aliphatic heterocycles. The van der Waals surface area contributed by atoms with Crippen LogP contribution in [-0.4, -0.2) is 57.7 Å². The molecule has 2 saturated heterocycles. The van der Waals surface area contributed by atoms with Gasteiger partial charge < -0.3 is 10.2 Å². The lowest BCUT2D eigenvalue weighted by Crippen LogP contribution is -2.49. The third-order valence-corrected chi connectivity index (χ3v) is 7.24. The van der Waals surface area contributed by atoms with Crippen LogP contribution in [0.4, 0.5) is 0 Å². The van der Waals surface area contributed by atoms with E-state index in [1.165, 1.54) is 37.1 Å². The smallest absolute Gasteiger partial charge is 0.223 e. The molecule has 168 valence electrons. The van der Waals surface area contributed by atoms with Gasteiger partial charge in [0.1, 0.15) is 0 Å². The molecule has 31 heavy (non-hydrogen) atoms. The molecule has 3 heterocycles. The molecule has 4 rings (SSSR count). The largest absolute Gasteiger partial charge is 0.350 e. The molecular formula is C25H37N5O. The van der Waals surface area contributed by atoms with Crippen LogP contribution in [0.1, 0.15) is 48.2 Å². The first-order chi connectivity index (χ1) is 15.0. The number of carbonyl (C=O) groups excluding carboxylic acids is 1. The standard InChI is InChI=1S/C25H37N5O/c1-19-6-4-5-7-22(19)18-29-12-10-24(11-13-29)30-14-8-21(9-15-30)25(31)26-17-23-16-20(2)28(3)27-23/h4-7,16,21,24H,8-15,17-18H2,1-3H3,(H,26,31). The Hall–Kier alpha value is -2.18. The Balaban J connectivity index is 1.18. The summed E-state index contributed by atoms with van der Waals surface area (Å²) in [5, 5.41) is 7.52. The maximum atomic E-state index is 12.6. The molecule has 0 bridgehead atoms. The minimum atomic E-state index is 0.141. The molecule has 0 atom stereocenters. The number of amides is 1. The van der Waals surface area contributed by atoms with Crippen molar-refractivity contribution < 1.29 is 4.79 Å². The van der Waals surface area contributed by atoms with E-state index in [1.807, 2.05) is 24.7 Å². The average Bonchev–Trinajstić information content (AvgIpc) is 3.11. The molecule has 0 spiro atoms. The fourth-order valence-electron chi connectivity index (χ4n) is 5.04. The van der Waals surface area contributed by atoms with Gasteiger partial charge in [0.15, 0.2) is 0 Å². The van der Waals surface area contributed by atoms with Crippen LogP contribution >= 0.6 is 0 Å². The Kier molecular flexibility index (Phi) is 7.08. The quantitative estimate of drug-likeness (QED) is 0.776. The van der Waals surface area contributed by atoms with Crippen LogP contribution in [-0.2, 0) is 24.9 Å². The fourth-order valence-corrected chi connectivity index (χ4v) is 5.04. The number of aryl methyl sites for hydroxylation is 3. The van der Waals surface area contributed by atoms with Gasteiger partial charge in [0, 0.05) is 31.2 Å². The Morgan fingerprint density at radius 2 is 1.77 bits per heavy atom. The van der Waals surface area contributed by atoms with Crippen LogP contribution in [0, 0.1) is 19.8 Å². The minimum absolute atomic E-state index is 0.141. The first-order valence-corrected chi connectivity index (χ1v) is 11.8. The average molecular weight is 424 g/mol. The van der Waals surface area contributed by atoms with Gasteiger partial charge in [-0.25, -0.2) is 0 Å². The predicted molar refractivity (Wildman–Crippen MR) is 124 cm³/mol. The van der Waals surface area contributed by atoms with Gasteiger partial charge in [0.2, 0.25) is 5.91 Å². The second kappa shape index (κ2) is 9.96. The number of likely N-dealkylation sites (tertiary alicyclic amines) is 2. The molecule has 2 fully saturated rings. The number of rotatable bonds is 6. The lowest BCUT2D eigenvalue weighted by molar-refractivity contribution is -0.126. The van der Waals surface area contributed by atoms with Gasteiger partial charge in [0.25, 0.3) is 0 Å². The number of piperidine rings is 2. The highest BCUT2D eigenvalue weighted by molar-refractivity contribution is 5.78. The van der Waals surface area contributed by atoms with E-state index in [4.69, 9.17) is 0 Å². The van der Waals surface area contributed by atoms with E-state index in [1.54, 1.807) is 0 Å². The summed E-state index contributed by atoms with van der Waals surface area (Å²) >= 11 is 0. The van der Waals surface area contributed by atoms with Gasteiger partial charge in [-0.05, 0) is 82.9 Å². The molecule has 6 nitrogen and oxygen atoms in total. The number of nitrogens with one attached hydrogen (secondary N) is 1. The third-order valence-electron chi connectivity index (χ3n) is 7.24. The van der Waals surface area contributed by atoms with E-state index >= 15 is 0 Å². The van der Waals surface area contributed by atoms with E-state index in [2.05, 4.69) is 51.4 Å². The van der Waals surface area contributed by atoms with E-state index in [0.29, 0.717) is 12.6 Å². The summed E-state index contributed by atoms with van der Waals surface area (Å²) in [4.78, 5) is 17.9. The zero-order valence-corrected chi connectivity index (χ0v) is 19.3. The monoisotopic (exact) mass is 423 g/mol. The second-order valence-electron chi connectivity index (χ2n) is 9.36. The Bertz CT molecular complexity index is 856. The number of benzene rings is 1. The topological polar surface area (TPSA) is 53.4 Å². The lowest BCUT2D eigenvalue weighted by atomic mass is 9.92. The van der Waals surface area contributed by atoms with Crippen LogP contribution in [0.3, 0.4) is 0 Å². The van der Waals surface area contributed by atoms with Crippen LogP contribution in [0.5, 0.6) is 0 Å². The molecule has 0 unspecified atom stereocenters. The van der Waals surface area contributed by atoms with Crippen LogP contribution in [0.25, 0.3) is 0 Å². The summed E-state index contributed by atoms with van der Waals surface area (Å²) in [5.74, 6) is 0.332. The van der Waals surface area contributed by atoms with Crippen molar-refractivity contribution in [3.05, 3.63) is 52.8 Å². The van der Waals surface area contributed by atoms with Crippen molar-refractivity contribution in [1.29, 1.82) is 0 Å². The Morgan fingerprint density at radius 1 is 1.06 bits per heavy atom. The van der Waals surface area contributed by atoms with Crippen molar-refractivity contribution in [1.82, 2.24) is 24.9 Å². The van der Waals surface area contributed by atoms with Crippen LogP contribution < -0.4 is 5.32 Å². The molecular weight excluding hydrogens is 386 g/mol. The molecule has 6 heteroatoms. The van der Waals surface area contributed by atoms with Crippen LogP contribution in [0.2, 0.25) is 0 Å². The van der Waals surface area contributed by atoms with E-state index < -0.39 is 0 Å². The van der Waals surface area contributed by atoms with Crippen molar-refractivity contribution >= 4 is 5.91 Å². The van der Waals surface area contributed by atoms with Crippen molar-refractivity contribution in [3.8, 4) is 0 Å². The molecule has 0 aliphatic carbocycles. The maximum absolute atomic E-state index is 12.6. The van der Waals surface area contributed by atoms with Crippen LogP contribution in [0.15, 0.2) is 30.3 Å². The van der Waals surface area contributed by atoms with E-state index in [-0.39, 0.29) is 11.8 Å². The van der Waals surface area contributed by atoms with Crippen molar-refractivity contribution in [2.24, 2.45) is 13.0 Å². The van der Waals surface area contributed by atoms with Crippen molar-refractivity contribution in [3.63, 3.8) is 0 Å². The van der Waals surface area contributed by atoms with Gasteiger partial charge in [-0.15, -0.1) is 0 Å².